The third-order valence-electron chi connectivity index (χ3n) is 4.65. The zero-order valence-electron chi connectivity index (χ0n) is 16.9. The van der Waals surface area contributed by atoms with Gasteiger partial charge in [0, 0.05) is 59.5 Å². The van der Waals surface area contributed by atoms with Crippen molar-refractivity contribution in [3.63, 3.8) is 0 Å². The maximum Gasteiger partial charge on any atom is 0.222 e. The van der Waals surface area contributed by atoms with Gasteiger partial charge in [0.1, 0.15) is 0 Å². The van der Waals surface area contributed by atoms with Gasteiger partial charge >= 0.3 is 0 Å². The Morgan fingerprint density at radius 1 is 1.14 bits per heavy atom. The lowest BCUT2D eigenvalue weighted by molar-refractivity contribution is -0.121. The number of aliphatic imine (C=N–C) groups is 1. The van der Waals surface area contributed by atoms with E-state index in [1.54, 1.807) is 7.05 Å². The molecular weight excluding hydrogens is 356 g/mol. The van der Waals surface area contributed by atoms with Gasteiger partial charge in [-0.05, 0) is 30.7 Å². The zero-order chi connectivity index (χ0) is 19.9. The van der Waals surface area contributed by atoms with Crippen LogP contribution < -0.4 is 16.0 Å². The highest BCUT2D eigenvalue weighted by atomic mass is 16.5. The number of hydrogen-bond acceptors (Lipinski definition) is 4. The minimum atomic E-state index is 0.0216. The molecule has 3 N–H and O–H groups in total. The molecule has 0 bridgehead atoms. The van der Waals surface area contributed by atoms with Gasteiger partial charge in [-0.25, -0.2) is 0 Å². The molecular formula is C21H34N4O3. The lowest BCUT2D eigenvalue weighted by Crippen LogP contribution is -2.39. The molecule has 1 aromatic carbocycles. The fourth-order valence-corrected chi connectivity index (χ4v) is 2.94. The number of hydrogen-bond donors (Lipinski definition) is 3. The van der Waals surface area contributed by atoms with Gasteiger partial charge in [0.15, 0.2) is 5.96 Å². The van der Waals surface area contributed by atoms with Crippen molar-refractivity contribution in [2.24, 2.45) is 10.9 Å². The Balaban J connectivity index is 1.46. The number of guanidine groups is 1. The summed E-state index contributed by atoms with van der Waals surface area (Å²) in [6, 6.07) is 9.89. The molecule has 0 atom stereocenters. The van der Waals surface area contributed by atoms with E-state index in [0.717, 1.165) is 57.8 Å². The SMILES string of the molecule is CN=C(NCCCOCC1CCOCC1)NCCC(=O)NCc1ccccc1. The van der Waals surface area contributed by atoms with Crippen molar-refractivity contribution in [3.8, 4) is 0 Å². The molecule has 156 valence electrons. The van der Waals surface area contributed by atoms with Gasteiger partial charge in [-0.15, -0.1) is 0 Å². The van der Waals surface area contributed by atoms with Crippen LogP contribution in [-0.4, -0.2) is 58.4 Å². The van der Waals surface area contributed by atoms with Crippen molar-refractivity contribution in [2.45, 2.75) is 32.2 Å². The van der Waals surface area contributed by atoms with Crippen LogP contribution in [0.1, 0.15) is 31.2 Å². The smallest absolute Gasteiger partial charge is 0.222 e. The number of rotatable bonds is 11. The van der Waals surface area contributed by atoms with Gasteiger partial charge < -0.3 is 25.4 Å². The summed E-state index contributed by atoms with van der Waals surface area (Å²) >= 11 is 0. The van der Waals surface area contributed by atoms with Gasteiger partial charge in [0.25, 0.3) is 0 Å². The molecule has 1 saturated heterocycles. The monoisotopic (exact) mass is 390 g/mol. The summed E-state index contributed by atoms with van der Waals surface area (Å²) in [7, 11) is 1.73. The van der Waals surface area contributed by atoms with Crippen LogP contribution in [0.5, 0.6) is 0 Å². The Hall–Kier alpha value is -2.12. The van der Waals surface area contributed by atoms with Crippen molar-refractivity contribution < 1.29 is 14.3 Å². The van der Waals surface area contributed by atoms with Crippen LogP contribution in [0.25, 0.3) is 0 Å². The highest BCUT2D eigenvalue weighted by molar-refractivity contribution is 5.81. The standard InChI is InChI=1S/C21H34N4O3/c1-22-21(23-11-5-13-28-17-19-9-14-27-15-10-19)24-12-8-20(26)25-16-18-6-3-2-4-7-18/h2-4,6-7,19H,5,8-17H2,1H3,(H,25,26)(H2,22,23,24). The van der Waals surface area contributed by atoms with Crippen molar-refractivity contribution in [1.82, 2.24) is 16.0 Å². The van der Waals surface area contributed by atoms with Crippen molar-refractivity contribution in [2.75, 3.05) is 46.6 Å². The Morgan fingerprint density at radius 3 is 2.64 bits per heavy atom. The number of carbonyl (C=O) groups excluding carboxylic acids is 1. The van der Waals surface area contributed by atoms with Gasteiger partial charge in [-0.2, -0.15) is 0 Å². The maximum atomic E-state index is 11.9. The molecule has 0 radical (unpaired) electrons. The lowest BCUT2D eigenvalue weighted by atomic mass is 10.0. The first-order valence-corrected chi connectivity index (χ1v) is 10.2. The molecule has 0 aromatic heterocycles. The second-order valence-electron chi connectivity index (χ2n) is 6.92. The summed E-state index contributed by atoms with van der Waals surface area (Å²) in [4.78, 5) is 16.1. The average molecular weight is 391 g/mol. The molecule has 7 heteroatoms. The average Bonchev–Trinajstić information content (AvgIpc) is 2.75. The molecule has 1 aromatic rings. The van der Waals surface area contributed by atoms with Gasteiger partial charge in [-0.1, -0.05) is 30.3 Å². The van der Waals surface area contributed by atoms with E-state index in [1.165, 1.54) is 0 Å². The summed E-state index contributed by atoms with van der Waals surface area (Å²) in [6.45, 7) is 5.18. The van der Waals surface area contributed by atoms with E-state index in [2.05, 4.69) is 20.9 Å². The molecule has 1 fully saturated rings. The predicted molar refractivity (Wildman–Crippen MR) is 111 cm³/mol. The van der Waals surface area contributed by atoms with E-state index in [4.69, 9.17) is 9.47 Å². The number of nitrogens with one attached hydrogen (secondary N) is 3. The topological polar surface area (TPSA) is 84.0 Å². The molecule has 1 aliphatic heterocycles. The number of carbonyl (C=O) groups is 1. The fraction of sp³-hybridized carbons (Fsp3) is 0.619. The first kappa shape index (κ1) is 22.2. The minimum Gasteiger partial charge on any atom is -0.381 e. The van der Waals surface area contributed by atoms with E-state index in [0.29, 0.717) is 31.4 Å². The molecule has 1 aliphatic rings. The first-order valence-electron chi connectivity index (χ1n) is 10.2. The Kier molecular flexibility index (Phi) is 11.1. The Labute approximate surface area is 168 Å². The van der Waals surface area contributed by atoms with E-state index < -0.39 is 0 Å². The largest absolute Gasteiger partial charge is 0.381 e. The van der Waals surface area contributed by atoms with E-state index in [1.807, 2.05) is 30.3 Å². The van der Waals surface area contributed by atoms with Gasteiger partial charge in [-0.3, -0.25) is 9.79 Å². The Morgan fingerprint density at radius 2 is 1.89 bits per heavy atom. The summed E-state index contributed by atoms with van der Waals surface area (Å²) in [5.41, 5.74) is 1.10. The molecule has 7 nitrogen and oxygen atoms in total. The highest BCUT2D eigenvalue weighted by Gasteiger charge is 2.13. The molecule has 0 saturated carbocycles. The van der Waals surface area contributed by atoms with E-state index in [9.17, 15) is 4.79 Å². The Bertz CT molecular complexity index is 574. The van der Waals surface area contributed by atoms with Crippen LogP contribution >= 0.6 is 0 Å². The third-order valence-corrected chi connectivity index (χ3v) is 4.65. The lowest BCUT2D eigenvalue weighted by Gasteiger charge is -2.21. The van der Waals surface area contributed by atoms with Crippen LogP contribution in [0.4, 0.5) is 0 Å². The van der Waals surface area contributed by atoms with Crippen molar-refractivity contribution >= 4 is 11.9 Å². The van der Waals surface area contributed by atoms with Crippen LogP contribution in [0.3, 0.4) is 0 Å². The van der Waals surface area contributed by atoms with Crippen molar-refractivity contribution in [1.29, 1.82) is 0 Å². The third kappa shape index (κ3) is 9.71. The number of amides is 1. The summed E-state index contributed by atoms with van der Waals surface area (Å²) in [5, 5.41) is 9.33. The summed E-state index contributed by atoms with van der Waals surface area (Å²) in [6.07, 6.45) is 3.53. The quantitative estimate of drug-likeness (QED) is 0.304. The maximum absolute atomic E-state index is 11.9. The molecule has 0 spiro atoms. The first-order chi connectivity index (χ1) is 13.8. The van der Waals surface area contributed by atoms with Crippen LogP contribution in [0.2, 0.25) is 0 Å². The fourth-order valence-electron chi connectivity index (χ4n) is 2.94. The zero-order valence-corrected chi connectivity index (χ0v) is 16.9. The van der Waals surface area contributed by atoms with Crippen LogP contribution in [-0.2, 0) is 20.8 Å². The number of ether oxygens (including phenoxy) is 2. The molecule has 1 amide bonds. The molecule has 0 unspecified atom stereocenters. The van der Waals surface area contributed by atoms with Crippen LogP contribution in [0, 0.1) is 5.92 Å². The minimum absolute atomic E-state index is 0.0216. The van der Waals surface area contributed by atoms with Gasteiger partial charge in [0.2, 0.25) is 5.91 Å². The number of benzene rings is 1. The summed E-state index contributed by atoms with van der Waals surface area (Å²) < 4.78 is 11.1. The second kappa shape index (κ2) is 14.0. The second-order valence-corrected chi connectivity index (χ2v) is 6.92. The van der Waals surface area contributed by atoms with Crippen LogP contribution in [0.15, 0.2) is 35.3 Å². The highest BCUT2D eigenvalue weighted by Crippen LogP contribution is 2.14. The molecule has 28 heavy (non-hydrogen) atoms. The number of nitrogens with zero attached hydrogens (tertiary/aromatic N) is 1. The van der Waals surface area contributed by atoms with E-state index >= 15 is 0 Å². The summed E-state index contributed by atoms with van der Waals surface area (Å²) in [5.74, 6) is 1.37. The molecule has 2 rings (SSSR count). The predicted octanol–water partition coefficient (Wildman–Crippen LogP) is 1.69. The molecule has 0 aliphatic carbocycles. The molecule has 1 heterocycles. The normalized spacial score (nSPS) is 15.2. The van der Waals surface area contributed by atoms with E-state index in [-0.39, 0.29) is 5.91 Å². The van der Waals surface area contributed by atoms with Crippen molar-refractivity contribution in [3.05, 3.63) is 35.9 Å². The van der Waals surface area contributed by atoms with Gasteiger partial charge in [0.05, 0.1) is 0 Å².